The molecule has 0 radical (unpaired) electrons. The highest BCUT2D eigenvalue weighted by molar-refractivity contribution is 6.31. The zero-order valence-electron chi connectivity index (χ0n) is 15.4. The van der Waals surface area contributed by atoms with Gasteiger partial charge in [0.1, 0.15) is 5.82 Å². The van der Waals surface area contributed by atoms with Crippen LogP contribution < -0.4 is 14.8 Å². The van der Waals surface area contributed by atoms with Crippen molar-refractivity contribution in [3.05, 3.63) is 52.8 Å². The minimum atomic E-state index is -0.506. The number of benzene rings is 2. The summed E-state index contributed by atoms with van der Waals surface area (Å²) < 4.78 is 24.8. The number of rotatable bonds is 4. The molecule has 0 bridgehead atoms. The summed E-state index contributed by atoms with van der Waals surface area (Å²) in [6.07, 6.45) is 2.87. The number of halogens is 2. The topological polar surface area (TPSA) is 50.8 Å². The SMILES string of the molecule is O=C(CN1CCC[C@H]1c1ccc2c(c1)OCCCO2)Nc1ccc(F)c(Cl)c1. The fourth-order valence-corrected chi connectivity index (χ4v) is 3.92. The number of hydrogen-bond donors (Lipinski definition) is 1. The number of ether oxygens (including phenoxy) is 2. The summed E-state index contributed by atoms with van der Waals surface area (Å²) in [5, 5.41) is 2.78. The second kappa shape index (κ2) is 8.37. The summed E-state index contributed by atoms with van der Waals surface area (Å²) in [4.78, 5) is 14.6. The number of hydrogen-bond acceptors (Lipinski definition) is 4. The zero-order chi connectivity index (χ0) is 19.5. The monoisotopic (exact) mass is 404 g/mol. The number of fused-ring (bicyclic) bond motifs is 1. The number of likely N-dealkylation sites (tertiary alicyclic amines) is 1. The van der Waals surface area contributed by atoms with E-state index in [0.29, 0.717) is 18.9 Å². The predicted octanol–water partition coefficient (Wildman–Crippen LogP) is 4.42. The fraction of sp³-hybridized carbons (Fsp3) is 0.381. The Balaban J connectivity index is 1.44. The van der Waals surface area contributed by atoms with Gasteiger partial charge in [0.05, 0.1) is 24.8 Å². The van der Waals surface area contributed by atoms with Crippen LogP contribution in [0, 0.1) is 5.82 Å². The number of carbonyl (C=O) groups is 1. The number of nitrogens with one attached hydrogen (secondary N) is 1. The Morgan fingerprint density at radius 3 is 2.79 bits per heavy atom. The van der Waals surface area contributed by atoms with E-state index in [1.54, 1.807) is 0 Å². The van der Waals surface area contributed by atoms with E-state index in [0.717, 1.165) is 42.9 Å². The Morgan fingerprint density at radius 1 is 1.14 bits per heavy atom. The molecule has 0 unspecified atom stereocenters. The Bertz CT molecular complexity index is 877. The van der Waals surface area contributed by atoms with E-state index < -0.39 is 5.82 Å². The second-order valence-electron chi connectivity index (χ2n) is 7.06. The Labute approximate surface area is 168 Å². The van der Waals surface area contributed by atoms with E-state index in [9.17, 15) is 9.18 Å². The summed E-state index contributed by atoms with van der Waals surface area (Å²) in [6.45, 7) is 2.41. The molecule has 2 aliphatic heterocycles. The van der Waals surface area contributed by atoms with E-state index in [1.807, 2.05) is 18.2 Å². The van der Waals surface area contributed by atoms with Crippen LogP contribution in [-0.4, -0.2) is 37.1 Å². The average Bonchev–Trinajstić information content (AvgIpc) is 3.00. The first-order chi connectivity index (χ1) is 13.6. The molecule has 1 amide bonds. The summed E-state index contributed by atoms with van der Waals surface area (Å²) >= 11 is 5.78. The van der Waals surface area contributed by atoms with Gasteiger partial charge in [-0.05, 0) is 55.3 Å². The second-order valence-corrected chi connectivity index (χ2v) is 7.47. The van der Waals surface area contributed by atoms with Crippen molar-refractivity contribution in [2.45, 2.75) is 25.3 Å². The number of nitrogens with zero attached hydrogens (tertiary/aromatic N) is 1. The van der Waals surface area contributed by atoms with Crippen molar-refractivity contribution in [2.24, 2.45) is 0 Å². The van der Waals surface area contributed by atoms with Gasteiger partial charge in [0.15, 0.2) is 11.5 Å². The highest BCUT2D eigenvalue weighted by Crippen LogP contribution is 2.37. The van der Waals surface area contributed by atoms with Crippen LogP contribution in [0.25, 0.3) is 0 Å². The molecule has 0 saturated carbocycles. The predicted molar refractivity (Wildman–Crippen MR) is 106 cm³/mol. The largest absolute Gasteiger partial charge is 0.490 e. The van der Waals surface area contributed by atoms with Gasteiger partial charge in [-0.3, -0.25) is 9.69 Å². The molecular weight excluding hydrogens is 383 g/mol. The minimum Gasteiger partial charge on any atom is -0.490 e. The van der Waals surface area contributed by atoms with Crippen LogP contribution >= 0.6 is 11.6 Å². The minimum absolute atomic E-state index is 0.0101. The summed E-state index contributed by atoms with van der Waals surface area (Å²) in [7, 11) is 0. The molecule has 1 saturated heterocycles. The smallest absolute Gasteiger partial charge is 0.238 e. The molecule has 5 nitrogen and oxygen atoms in total. The molecule has 2 aromatic carbocycles. The van der Waals surface area contributed by atoms with Gasteiger partial charge in [-0.2, -0.15) is 0 Å². The van der Waals surface area contributed by atoms with Gasteiger partial charge < -0.3 is 14.8 Å². The van der Waals surface area contributed by atoms with Crippen molar-refractivity contribution in [1.29, 1.82) is 0 Å². The van der Waals surface area contributed by atoms with Crippen LogP contribution in [0.15, 0.2) is 36.4 Å². The number of amides is 1. The molecule has 0 spiro atoms. The Kier molecular flexibility index (Phi) is 5.69. The molecule has 2 aliphatic rings. The van der Waals surface area contributed by atoms with Gasteiger partial charge in [0, 0.05) is 18.2 Å². The Morgan fingerprint density at radius 2 is 1.96 bits per heavy atom. The van der Waals surface area contributed by atoms with E-state index in [2.05, 4.69) is 10.2 Å². The molecule has 1 atom stereocenters. The van der Waals surface area contributed by atoms with Crippen molar-refractivity contribution in [2.75, 3.05) is 31.6 Å². The number of carbonyl (C=O) groups excluding carboxylic acids is 1. The molecule has 4 rings (SSSR count). The van der Waals surface area contributed by atoms with Gasteiger partial charge in [0.25, 0.3) is 0 Å². The lowest BCUT2D eigenvalue weighted by Gasteiger charge is -2.25. The van der Waals surface area contributed by atoms with Crippen molar-refractivity contribution >= 4 is 23.2 Å². The molecular formula is C21H22ClFN2O3. The lowest BCUT2D eigenvalue weighted by molar-refractivity contribution is -0.117. The quantitative estimate of drug-likeness (QED) is 0.819. The maximum absolute atomic E-state index is 13.3. The van der Waals surface area contributed by atoms with Crippen molar-refractivity contribution in [1.82, 2.24) is 4.90 Å². The summed E-state index contributed by atoms with van der Waals surface area (Å²) in [5.74, 6) is 0.890. The van der Waals surface area contributed by atoms with Crippen LogP contribution in [0.3, 0.4) is 0 Å². The summed E-state index contributed by atoms with van der Waals surface area (Å²) in [5.41, 5.74) is 1.61. The van der Waals surface area contributed by atoms with Crippen molar-refractivity contribution in [3.63, 3.8) is 0 Å². The molecule has 0 aliphatic carbocycles. The average molecular weight is 405 g/mol. The van der Waals surface area contributed by atoms with E-state index in [4.69, 9.17) is 21.1 Å². The molecule has 7 heteroatoms. The normalized spacial score (nSPS) is 19.3. The molecule has 1 fully saturated rings. The van der Waals surface area contributed by atoms with Gasteiger partial charge in [-0.25, -0.2) is 4.39 Å². The molecule has 1 N–H and O–H groups in total. The van der Waals surface area contributed by atoms with Gasteiger partial charge in [-0.1, -0.05) is 17.7 Å². The van der Waals surface area contributed by atoms with E-state index >= 15 is 0 Å². The lowest BCUT2D eigenvalue weighted by Crippen LogP contribution is -2.33. The standard InChI is InChI=1S/C21H22ClFN2O3/c22-16-12-15(5-6-17(16)23)24-21(26)13-25-8-1-3-18(25)14-4-7-19-20(11-14)28-10-2-9-27-19/h4-7,11-12,18H,1-3,8-10,13H2,(H,24,26)/t18-/m0/s1. The van der Waals surface area contributed by atoms with Crippen LogP contribution in [0.1, 0.15) is 30.9 Å². The maximum atomic E-state index is 13.3. The van der Waals surface area contributed by atoms with Gasteiger partial charge >= 0.3 is 0 Å². The molecule has 28 heavy (non-hydrogen) atoms. The zero-order valence-corrected chi connectivity index (χ0v) is 16.2. The van der Waals surface area contributed by atoms with Crippen LogP contribution in [0.2, 0.25) is 5.02 Å². The molecule has 0 aromatic heterocycles. The molecule has 148 valence electrons. The number of anilines is 1. The van der Waals surface area contributed by atoms with E-state index in [1.165, 1.54) is 18.2 Å². The first-order valence-corrected chi connectivity index (χ1v) is 9.86. The van der Waals surface area contributed by atoms with Gasteiger partial charge in [-0.15, -0.1) is 0 Å². The van der Waals surface area contributed by atoms with Gasteiger partial charge in [0.2, 0.25) is 5.91 Å². The first-order valence-electron chi connectivity index (χ1n) is 9.48. The van der Waals surface area contributed by atoms with Crippen LogP contribution in [-0.2, 0) is 4.79 Å². The molecule has 2 heterocycles. The third-order valence-corrected chi connectivity index (χ3v) is 5.36. The highest BCUT2D eigenvalue weighted by atomic mass is 35.5. The van der Waals surface area contributed by atoms with Crippen LogP contribution in [0.5, 0.6) is 11.5 Å². The fourth-order valence-electron chi connectivity index (χ4n) is 3.74. The highest BCUT2D eigenvalue weighted by Gasteiger charge is 2.28. The van der Waals surface area contributed by atoms with Crippen LogP contribution in [0.4, 0.5) is 10.1 Å². The lowest BCUT2D eigenvalue weighted by atomic mass is 10.0. The summed E-state index contributed by atoms with van der Waals surface area (Å²) in [6, 6.07) is 10.3. The first kappa shape index (κ1) is 19.0. The molecule has 2 aromatic rings. The van der Waals surface area contributed by atoms with E-state index in [-0.39, 0.29) is 23.5 Å². The van der Waals surface area contributed by atoms with Crippen molar-refractivity contribution in [3.8, 4) is 11.5 Å². The third-order valence-electron chi connectivity index (χ3n) is 5.07. The van der Waals surface area contributed by atoms with Crippen molar-refractivity contribution < 1.29 is 18.7 Å². The Hall–Kier alpha value is -2.31. The maximum Gasteiger partial charge on any atom is 0.238 e. The third kappa shape index (κ3) is 4.23.